The Morgan fingerprint density at radius 2 is 1.88 bits per heavy atom. The molecule has 0 unspecified atom stereocenters. The van der Waals surface area contributed by atoms with Gasteiger partial charge in [-0.15, -0.1) is 0 Å². The minimum Gasteiger partial charge on any atom is -1.00 e. The van der Waals surface area contributed by atoms with Gasteiger partial charge in [-0.3, -0.25) is 0 Å². The van der Waals surface area contributed by atoms with E-state index >= 15 is 0 Å². The first-order valence-electron chi connectivity index (χ1n) is 8.09. The average molecular weight is 430 g/mol. The van der Waals surface area contributed by atoms with E-state index < -0.39 is 0 Å². The van der Waals surface area contributed by atoms with Crippen LogP contribution >= 0.6 is 0 Å². The molecule has 2 aromatic rings. The second-order valence-electron chi connectivity index (χ2n) is 5.83. The molecule has 1 aromatic carbocycles. The Morgan fingerprint density at radius 1 is 1.12 bits per heavy atom. The van der Waals surface area contributed by atoms with Crippen LogP contribution in [-0.2, 0) is 6.54 Å². The predicted octanol–water partition coefficient (Wildman–Crippen LogP) is 1.37. The van der Waals surface area contributed by atoms with Crippen LogP contribution in [0.2, 0.25) is 0 Å². The van der Waals surface area contributed by atoms with Crippen LogP contribution in [0.3, 0.4) is 0 Å². The van der Waals surface area contributed by atoms with Crippen LogP contribution < -0.4 is 33.4 Å². The van der Waals surface area contributed by atoms with Gasteiger partial charge in [0.15, 0.2) is 18.9 Å². The van der Waals surface area contributed by atoms with Gasteiger partial charge in [-0.05, 0) is 55.3 Å². The van der Waals surface area contributed by atoms with Gasteiger partial charge >= 0.3 is 0 Å². The molecule has 3 heteroatoms. The van der Waals surface area contributed by atoms with Crippen molar-refractivity contribution in [2.45, 2.75) is 20.4 Å². The van der Waals surface area contributed by atoms with Crippen molar-refractivity contribution < 1.29 is 28.5 Å². The fourth-order valence-corrected chi connectivity index (χ4v) is 2.94. The Hall–Kier alpha value is -1.88. The zero-order chi connectivity index (χ0) is 16.2. The number of hydrogen-bond acceptors (Lipinski definition) is 1. The molecule has 0 bridgehead atoms. The number of nitrogens with zero attached hydrogens (tertiary/aromatic N) is 2. The minimum atomic E-state index is 0. The van der Waals surface area contributed by atoms with E-state index in [1.54, 1.807) is 0 Å². The number of likely N-dealkylation sites (N-methyl/N-ethyl adjacent to an activating group) is 1. The van der Waals surface area contributed by atoms with Crippen molar-refractivity contribution in [1.82, 2.24) is 0 Å². The number of halogens is 1. The number of hydrogen-bond donors (Lipinski definition) is 0. The normalized spacial score (nSPS) is 14.2. The number of aromatic nitrogens is 1. The quantitative estimate of drug-likeness (QED) is 0.404. The highest BCUT2D eigenvalue weighted by Gasteiger charge is 2.15. The minimum absolute atomic E-state index is 0. The van der Waals surface area contributed by atoms with Crippen molar-refractivity contribution in [3.63, 3.8) is 0 Å². The van der Waals surface area contributed by atoms with Crippen molar-refractivity contribution in [2.75, 3.05) is 11.4 Å². The van der Waals surface area contributed by atoms with Crippen LogP contribution in [0.15, 0.2) is 67.2 Å². The first-order valence-corrected chi connectivity index (χ1v) is 8.09. The first-order chi connectivity index (χ1) is 11.2. The Balaban J connectivity index is 0.00000208. The molecule has 2 nitrogen and oxygen atoms in total. The van der Waals surface area contributed by atoms with E-state index in [9.17, 15) is 0 Å². The molecule has 0 radical (unpaired) electrons. The Bertz CT molecular complexity index is 773. The molecule has 0 fully saturated rings. The van der Waals surface area contributed by atoms with Crippen molar-refractivity contribution in [3.8, 4) is 0 Å². The molecule has 0 amide bonds. The summed E-state index contributed by atoms with van der Waals surface area (Å²) in [6, 6.07) is 10.9. The number of aryl methyl sites for hydroxylation is 1. The monoisotopic (exact) mass is 430 g/mol. The predicted molar refractivity (Wildman–Crippen MR) is 98.0 cm³/mol. The number of benzene rings is 1. The summed E-state index contributed by atoms with van der Waals surface area (Å²) in [5.74, 6) is 0. The van der Waals surface area contributed by atoms with Crippen LogP contribution in [0.4, 0.5) is 5.69 Å². The number of fused-ring (bicyclic) bond motifs is 1. The number of allylic oxidation sites excluding steroid dienone is 2. The van der Waals surface area contributed by atoms with E-state index in [2.05, 4.69) is 90.8 Å². The third-order valence-corrected chi connectivity index (χ3v) is 4.11. The van der Waals surface area contributed by atoms with Crippen LogP contribution in [0.1, 0.15) is 23.6 Å². The summed E-state index contributed by atoms with van der Waals surface area (Å²) < 4.78 is 2.11. The van der Waals surface area contributed by atoms with E-state index in [1.807, 2.05) is 6.08 Å². The van der Waals surface area contributed by atoms with Crippen LogP contribution in [0.5, 0.6) is 0 Å². The number of rotatable bonds is 4. The van der Waals surface area contributed by atoms with Crippen molar-refractivity contribution in [2.24, 2.45) is 0 Å². The topological polar surface area (TPSA) is 7.12 Å². The summed E-state index contributed by atoms with van der Waals surface area (Å²) in [7, 11) is 0. The smallest absolute Gasteiger partial charge is 0.169 e. The zero-order valence-electron chi connectivity index (χ0n) is 14.2. The van der Waals surface area contributed by atoms with Gasteiger partial charge < -0.3 is 28.9 Å². The summed E-state index contributed by atoms with van der Waals surface area (Å²) in [6.07, 6.45) is 12.7. The number of anilines is 1. The maximum absolute atomic E-state index is 3.77. The Labute approximate surface area is 161 Å². The SMILES string of the molecule is C=CC[n+]1ccc(/C=C2\C=Cc3cc(C)ccc3N2CC)cc1.[I-]. The lowest BCUT2D eigenvalue weighted by Crippen LogP contribution is -3.00. The van der Waals surface area contributed by atoms with Crippen molar-refractivity contribution in [3.05, 3.63) is 83.8 Å². The van der Waals surface area contributed by atoms with E-state index in [0.717, 1.165) is 13.1 Å². The molecular weight excluding hydrogens is 407 g/mol. The molecule has 1 aliphatic heterocycles. The fourth-order valence-electron chi connectivity index (χ4n) is 2.94. The number of pyridine rings is 1. The lowest BCUT2D eigenvalue weighted by atomic mass is 10.0. The van der Waals surface area contributed by atoms with Gasteiger partial charge in [0, 0.05) is 30.1 Å². The van der Waals surface area contributed by atoms with Crippen LogP contribution in [0, 0.1) is 6.92 Å². The third-order valence-electron chi connectivity index (χ3n) is 4.11. The largest absolute Gasteiger partial charge is 1.00 e. The second-order valence-corrected chi connectivity index (χ2v) is 5.83. The van der Waals surface area contributed by atoms with E-state index in [-0.39, 0.29) is 24.0 Å². The van der Waals surface area contributed by atoms with E-state index in [1.165, 1.54) is 28.1 Å². The molecule has 3 rings (SSSR count). The van der Waals surface area contributed by atoms with Gasteiger partial charge in [-0.25, -0.2) is 4.57 Å². The van der Waals surface area contributed by atoms with Gasteiger partial charge in [-0.1, -0.05) is 24.3 Å². The van der Waals surface area contributed by atoms with E-state index in [4.69, 9.17) is 0 Å². The molecule has 2 heterocycles. The maximum atomic E-state index is 3.77. The second kappa shape index (κ2) is 8.29. The Kier molecular flexibility index (Phi) is 6.37. The molecular formula is C21H23IN2. The molecule has 0 atom stereocenters. The molecule has 1 aromatic heterocycles. The van der Waals surface area contributed by atoms with Crippen LogP contribution in [0.25, 0.3) is 12.2 Å². The van der Waals surface area contributed by atoms with Gasteiger partial charge in [-0.2, -0.15) is 0 Å². The third kappa shape index (κ3) is 3.96. The fraction of sp³-hybridized carbons (Fsp3) is 0.190. The highest BCUT2D eigenvalue weighted by atomic mass is 127. The highest BCUT2D eigenvalue weighted by molar-refractivity contribution is 5.80. The maximum Gasteiger partial charge on any atom is 0.169 e. The van der Waals surface area contributed by atoms with Gasteiger partial charge in [0.1, 0.15) is 0 Å². The van der Waals surface area contributed by atoms with Crippen LogP contribution in [-0.4, -0.2) is 6.54 Å². The van der Waals surface area contributed by atoms with Gasteiger partial charge in [0.05, 0.1) is 0 Å². The summed E-state index contributed by atoms with van der Waals surface area (Å²) >= 11 is 0. The van der Waals surface area contributed by atoms with Crippen molar-refractivity contribution >= 4 is 17.8 Å². The van der Waals surface area contributed by atoms with Crippen molar-refractivity contribution in [1.29, 1.82) is 0 Å². The highest BCUT2D eigenvalue weighted by Crippen LogP contribution is 2.32. The lowest BCUT2D eigenvalue weighted by molar-refractivity contribution is -0.687. The first kappa shape index (κ1) is 18.5. The van der Waals surface area contributed by atoms with Gasteiger partial charge in [0.25, 0.3) is 0 Å². The molecule has 1 aliphatic rings. The lowest BCUT2D eigenvalue weighted by Gasteiger charge is -2.29. The standard InChI is InChI=1S/C21H23N2.HI/c1-4-12-22-13-10-18(11-14-22)16-20-8-7-19-15-17(3)6-9-21(19)23(20)5-2;/h4,6-11,13-16H,1,5,12H2,2-3H3;1H/q+1;/p-1. The average Bonchev–Trinajstić information content (AvgIpc) is 2.56. The molecule has 0 N–H and O–H groups in total. The molecule has 24 heavy (non-hydrogen) atoms. The molecule has 0 saturated heterocycles. The summed E-state index contributed by atoms with van der Waals surface area (Å²) in [5, 5.41) is 0. The summed E-state index contributed by atoms with van der Waals surface area (Å²) in [4.78, 5) is 2.36. The molecule has 0 saturated carbocycles. The molecule has 124 valence electrons. The zero-order valence-corrected chi connectivity index (χ0v) is 16.4. The summed E-state index contributed by atoms with van der Waals surface area (Å²) in [5.41, 5.74) is 6.31. The molecule has 0 aliphatic carbocycles. The molecule has 0 spiro atoms. The summed E-state index contributed by atoms with van der Waals surface area (Å²) in [6.45, 7) is 9.89. The van der Waals surface area contributed by atoms with Gasteiger partial charge in [0.2, 0.25) is 0 Å². The Morgan fingerprint density at radius 3 is 2.54 bits per heavy atom. The van der Waals surface area contributed by atoms with E-state index in [0.29, 0.717) is 0 Å².